The molecule has 1 aromatic carbocycles. The van der Waals surface area contributed by atoms with Gasteiger partial charge in [0, 0.05) is 0 Å². The minimum atomic E-state index is 0. The first-order valence-electron chi connectivity index (χ1n) is 3.26. The summed E-state index contributed by atoms with van der Waals surface area (Å²) in [4.78, 5) is 0. The van der Waals surface area contributed by atoms with Crippen LogP contribution in [0.15, 0.2) is 36.4 Å². The number of aliphatic hydroxyl groups excluding tert-OH is 1. The van der Waals surface area contributed by atoms with Crippen LogP contribution in [0, 0.1) is 0 Å². The van der Waals surface area contributed by atoms with Crippen molar-refractivity contribution in [1.82, 2.24) is 0 Å². The van der Waals surface area contributed by atoms with Crippen LogP contribution in [-0.2, 0) is 0 Å². The second-order valence-electron chi connectivity index (χ2n) is 2.00. The summed E-state index contributed by atoms with van der Waals surface area (Å²) >= 11 is 0. The van der Waals surface area contributed by atoms with Crippen molar-refractivity contribution in [2.24, 2.45) is 0 Å². The third-order valence-corrected chi connectivity index (χ3v) is 1.22. The van der Waals surface area contributed by atoms with Crippen LogP contribution in [-0.4, -0.2) is 11.7 Å². The fraction of sp³-hybridized carbons (Fsp3) is 0.111. The average molecular weight is 158 g/mol. The monoisotopic (exact) mass is 158 g/mol. The largest absolute Gasteiger partial charge is 1.00 e. The minimum absolute atomic E-state index is 0. The van der Waals surface area contributed by atoms with Gasteiger partial charge in [0.05, 0.1) is 6.61 Å². The normalized spacial score (nSPS) is 9.55. The van der Waals surface area contributed by atoms with Gasteiger partial charge in [0.25, 0.3) is 0 Å². The van der Waals surface area contributed by atoms with Gasteiger partial charge in [0.15, 0.2) is 0 Å². The summed E-state index contributed by atoms with van der Waals surface area (Å²) in [7, 11) is 0. The Morgan fingerprint density at radius 1 is 1.27 bits per heavy atom. The molecule has 0 fully saturated rings. The molecule has 1 rings (SSSR count). The van der Waals surface area contributed by atoms with Gasteiger partial charge in [-0.1, -0.05) is 42.5 Å². The molecule has 11 heavy (non-hydrogen) atoms. The molecule has 0 aliphatic heterocycles. The van der Waals surface area contributed by atoms with E-state index in [1.807, 2.05) is 36.4 Å². The molecule has 0 aromatic heterocycles. The van der Waals surface area contributed by atoms with Crippen LogP contribution in [0.1, 0.15) is 6.99 Å². The Morgan fingerprint density at radius 3 is 2.45 bits per heavy atom. The van der Waals surface area contributed by atoms with Crippen molar-refractivity contribution < 1.29 is 36.1 Å². The SMILES string of the molecule is OC/C=C/c1ccccc1.[H-].[Na+]. The summed E-state index contributed by atoms with van der Waals surface area (Å²) in [6.45, 7) is 0.106. The van der Waals surface area contributed by atoms with Crippen molar-refractivity contribution in [3.05, 3.63) is 42.0 Å². The van der Waals surface area contributed by atoms with E-state index in [1.165, 1.54) is 0 Å². The third kappa shape index (κ3) is 4.38. The third-order valence-electron chi connectivity index (χ3n) is 1.22. The van der Waals surface area contributed by atoms with Crippen molar-refractivity contribution in [2.75, 3.05) is 6.61 Å². The Bertz CT molecular complexity index is 211. The zero-order valence-electron chi connectivity index (χ0n) is 7.70. The first-order chi connectivity index (χ1) is 4.93. The van der Waals surface area contributed by atoms with Crippen molar-refractivity contribution in [1.29, 1.82) is 0 Å². The molecule has 0 unspecified atom stereocenters. The molecule has 2 heteroatoms. The van der Waals surface area contributed by atoms with Gasteiger partial charge in [-0.05, 0) is 5.56 Å². The molecule has 0 heterocycles. The summed E-state index contributed by atoms with van der Waals surface area (Å²) in [5.41, 5.74) is 1.12. The Morgan fingerprint density at radius 2 is 1.91 bits per heavy atom. The van der Waals surface area contributed by atoms with E-state index in [4.69, 9.17) is 5.11 Å². The van der Waals surface area contributed by atoms with Gasteiger partial charge in [0.1, 0.15) is 0 Å². The smallest absolute Gasteiger partial charge is 1.00 e. The van der Waals surface area contributed by atoms with E-state index in [-0.39, 0.29) is 37.6 Å². The van der Waals surface area contributed by atoms with Gasteiger partial charge in [-0.2, -0.15) is 0 Å². The fourth-order valence-corrected chi connectivity index (χ4v) is 0.753. The molecule has 0 radical (unpaired) electrons. The number of hydrogen-bond donors (Lipinski definition) is 1. The molecule has 0 atom stereocenters. The second kappa shape index (κ2) is 6.62. The summed E-state index contributed by atoms with van der Waals surface area (Å²) in [6.07, 6.45) is 3.61. The van der Waals surface area contributed by atoms with Crippen LogP contribution in [0.25, 0.3) is 6.08 Å². The second-order valence-corrected chi connectivity index (χ2v) is 2.00. The van der Waals surface area contributed by atoms with Gasteiger partial charge >= 0.3 is 29.6 Å². The van der Waals surface area contributed by atoms with Crippen molar-refractivity contribution >= 4 is 6.08 Å². The Kier molecular flexibility index (Phi) is 6.57. The topological polar surface area (TPSA) is 20.2 Å². The van der Waals surface area contributed by atoms with Gasteiger partial charge < -0.3 is 6.53 Å². The first kappa shape index (κ1) is 10.9. The van der Waals surface area contributed by atoms with Crippen LogP contribution >= 0.6 is 0 Å². The molecule has 0 saturated heterocycles. The van der Waals surface area contributed by atoms with Gasteiger partial charge in [-0.15, -0.1) is 0 Å². The number of aliphatic hydroxyl groups is 1. The first-order valence-corrected chi connectivity index (χ1v) is 3.26. The van der Waals surface area contributed by atoms with Crippen LogP contribution in [0.2, 0.25) is 0 Å². The number of rotatable bonds is 2. The van der Waals surface area contributed by atoms with Gasteiger partial charge in [-0.3, -0.25) is 0 Å². The molecular formula is C9H11NaO. The van der Waals surface area contributed by atoms with Crippen molar-refractivity contribution in [3.63, 3.8) is 0 Å². The molecule has 0 aliphatic rings. The maximum Gasteiger partial charge on any atom is 1.00 e. The molecular weight excluding hydrogens is 147 g/mol. The zero-order chi connectivity index (χ0) is 7.23. The van der Waals surface area contributed by atoms with E-state index < -0.39 is 0 Å². The quantitative estimate of drug-likeness (QED) is 0.536. The molecule has 0 spiro atoms. The summed E-state index contributed by atoms with van der Waals surface area (Å²) < 4.78 is 0. The Balaban J connectivity index is 0. The summed E-state index contributed by atoms with van der Waals surface area (Å²) in [5.74, 6) is 0. The van der Waals surface area contributed by atoms with E-state index in [2.05, 4.69) is 0 Å². The van der Waals surface area contributed by atoms with Crippen molar-refractivity contribution in [3.8, 4) is 0 Å². The average Bonchev–Trinajstić information content (AvgIpc) is 2.03. The Hall–Kier alpha value is -0.0800. The van der Waals surface area contributed by atoms with E-state index >= 15 is 0 Å². The molecule has 0 amide bonds. The predicted octanol–water partition coefficient (Wildman–Crippen LogP) is -1.19. The van der Waals surface area contributed by atoms with Crippen LogP contribution < -0.4 is 29.6 Å². The maximum absolute atomic E-state index is 8.44. The molecule has 1 aromatic rings. The number of hydrogen-bond acceptors (Lipinski definition) is 1. The molecule has 0 aliphatic carbocycles. The summed E-state index contributed by atoms with van der Waals surface area (Å²) in [5, 5.41) is 8.44. The molecule has 54 valence electrons. The summed E-state index contributed by atoms with van der Waals surface area (Å²) in [6, 6.07) is 9.89. The number of benzene rings is 1. The van der Waals surface area contributed by atoms with Crippen molar-refractivity contribution in [2.45, 2.75) is 0 Å². The standard InChI is InChI=1S/C9H10O.Na.H/c10-8-4-7-9-5-2-1-3-6-9;;/h1-7,10H,8H2;;/q;+1;-1/b7-4+;;. The fourth-order valence-electron chi connectivity index (χ4n) is 0.753. The maximum atomic E-state index is 8.44. The van der Waals surface area contributed by atoms with E-state index in [1.54, 1.807) is 6.08 Å². The molecule has 0 bridgehead atoms. The van der Waals surface area contributed by atoms with Crippen LogP contribution in [0.3, 0.4) is 0 Å². The Labute approximate surface area is 90.5 Å². The van der Waals surface area contributed by atoms with E-state index in [9.17, 15) is 0 Å². The zero-order valence-corrected chi connectivity index (χ0v) is 8.70. The van der Waals surface area contributed by atoms with Gasteiger partial charge in [0.2, 0.25) is 0 Å². The predicted molar refractivity (Wildman–Crippen MR) is 43.7 cm³/mol. The van der Waals surface area contributed by atoms with Crippen LogP contribution in [0.4, 0.5) is 0 Å². The molecule has 1 N–H and O–H groups in total. The minimum Gasteiger partial charge on any atom is -1.00 e. The van der Waals surface area contributed by atoms with Crippen LogP contribution in [0.5, 0.6) is 0 Å². The molecule has 1 nitrogen and oxygen atoms in total. The molecule has 0 saturated carbocycles. The van der Waals surface area contributed by atoms with Gasteiger partial charge in [-0.25, -0.2) is 0 Å². The van der Waals surface area contributed by atoms with E-state index in [0.29, 0.717) is 0 Å². The van der Waals surface area contributed by atoms with E-state index in [0.717, 1.165) is 5.56 Å².